The van der Waals surface area contributed by atoms with E-state index in [9.17, 15) is 4.79 Å². The Kier molecular flexibility index (Phi) is 3.10. The number of aromatic nitrogens is 1. The molecule has 0 bridgehead atoms. The SMILES string of the molecule is COC(=O)c1cnccc1SC. The maximum absolute atomic E-state index is 11.1. The van der Waals surface area contributed by atoms with Crippen LogP contribution in [0.1, 0.15) is 10.4 Å². The van der Waals surface area contributed by atoms with E-state index < -0.39 is 0 Å². The largest absolute Gasteiger partial charge is 0.465 e. The minimum Gasteiger partial charge on any atom is -0.465 e. The van der Waals surface area contributed by atoms with Crippen molar-refractivity contribution < 1.29 is 9.53 Å². The van der Waals surface area contributed by atoms with Gasteiger partial charge in [-0.3, -0.25) is 4.98 Å². The Hall–Kier alpha value is -1.03. The number of pyridine rings is 1. The number of esters is 1. The molecule has 1 aromatic rings. The van der Waals surface area contributed by atoms with Crippen LogP contribution in [0.4, 0.5) is 0 Å². The van der Waals surface area contributed by atoms with Crippen LogP contribution in [0.3, 0.4) is 0 Å². The maximum atomic E-state index is 11.1. The first-order valence-corrected chi connectivity index (χ1v) is 4.58. The maximum Gasteiger partial charge on any atom is 0.340 e. The number of methoxy groups -OCH3 is 1. The topological polar surface area (TPSA) is 39.2 Å². The van der Waals surface area contributed by atoms with E-state index >= 15 is 0 Å². The number of hydrogen-bond donors (Lipinski definition) is 0. The summed E-state index contributed by atoms with van der Waals surface area (Å²) >= 11 is 1.50. The Morgan fingerprint density at radius 3 is 3.00 bits per heavy atom. The predicted octanol–water partition coefficient (Wildman–Crippen LogP) is 1.59. The molecule has 3 nitrogen and oxygen atoms in total. The molecular formula is C8H9NO2S. The fourth-order valence-corrected chi connectivity index (χ4v) is 1.38. The Bertz CT molecular complexity index is 288. The highest BCUT2D eigenvalue weighted by atomic mass is 32.2. The molecule has 0 unspecified atom stereocenters. The Morgan fingerprint density at radius 1 is 1.67 bits per heavy atom. The molecular weight excluding hydrogens is 174 g/mol. The van der Waals surface area contributed by atoms with Crippen LogP contribution in [0.25, 0.3) is 0 Å². The second-order valence-corrected chi connectivity index (χ2v) is 2.92. The Morgan fingerprint density at radius 2 is 2.42 bits per heavy atom. The van der Waals surface area contributed by atoms with E-state index in [0.29, 0.717) is 5.56 Å². The van der Waals surface area contributed by atoms with Crippen molar-refractivity contribution in [2.45, 2.75) is 4.90 Å². The smallest absolute Gasteiger partial charge is 0.340 e. The molecule has 1 rings (SSSR count). The van der Waals surface area contributed by atoms with Crippen LogP contribution in [0.2, 0.25) is 0 Å². The third-order valence-corrected chi connectivity index (χ3v) is 2.20. The number of nitrogens with zero attached hydrogens (tertiary/aromatic N) is 1. The van der Waals surface area contributed by atoms with E-state index in [2.05, 4.69) is 9.72 Å². The van der Waals surface area contributed by atoms with E-state index in [4.69, 9.17) is 0 Å². The molecule has 0 aliphatic carbocycles. The summed E-state index contributed by atoms with van der Waals surface area (Å²) in [5.74, 6) is -0.340. The molecule has 0 radical (unpaired) electrons. The molecule has 0 amide bonds. The van der Waals surface area contributed by atoms with Crippen LogP contribution >= 0.6 is 11.8 Å². The van der Waals surface area contributed by atoms with Gasteiger partial charge in [0.1, 0.15) is 0 Å². The standard InChI is InChI=1S/C8H9NO2S/c1-11-8(10)6-5-9-4-3-7(6)12-2/h3-5H,1-2H3. The first-order chi connectivity index (χ1) is 5.79. The molecule has 4 heteroatoms. The monoisotopic (exact) mass is 183 g/mol. The van der Waals surface area contributed by atoms with Crippen LogP contribution in [0.5, 0.6) is 0 Å². The molecule has 0 fully saturated rings. The average Bonchev–Trinajstić information content (AvgIpc) is 2.16. The number of thioether (sulfide) groups is 1. The number of ether oxygens (including phenoxy) is 1. The van der Waals surface area contributed by atoms with Gasteiger partial charge in [-0.2, -0.15) is 0 Å². The van der Waals surface area contributed by atoms with Crippen molar-refractivity contribution in [1.29, 1.82) is 0 Å². The van der Waals surface area contributed by atoms with E-state index in [-0.39, 0.29) is 5.97 Å². The van der Waals surface area contributed by atoms with E-state index in [1.807, 2.05) is 6.26 Å². The minimum absolute atomic E-state index is 0.340. The summed E-state index contributed by atoms with van der Waals surface area (Å²) < 4.78 is 4.59. The highest BCUT2D eigenvalue weighted by Crippen LogP contribution is 2.18. The van der Waals surface area contributed by atoms with Gasteiger partial charge < -0.3 is 4.74 Å². The van der Waals surface area contributed by atoms with E-state index in [1.165, 1.54) is 25.1 Å². The summed E-state index contributed by atoms with van der Waals surface area (Å²) in [4.78, 5) is 15.9. The van der Waals surface area contributed by atoms with Gasteiger partial charge in [-0.15, -0.1) is 11.8 Å². The quantitative estimate of drug-likeness (QED) is 0.515. The zero-order valence-electron chi connectivity index (χ0n) is 6.90. The van der Waals surface area contributed by atoms with Crippen molar-refractivity contribution >= 4 is 17.7 Å². The van der Waals surface area contributed by atoms with Crippen molar-refractivity contribution in [2.24, 2.45) is 0 Å². The molecule has 0 atom stereocenters. The molecule has 12 heavy (non-hydrogen) atoms. The molecule has 0 saturated heterocycles. The number of carbonyl (C=O) groups is 1. The minimum atomic E-state index is -0.340. The lowest BCUT2D eigenvalue weighted by Gasteiger charge is -2.02. The number of hydrogen-bond acceptors (Lipinski definition) is 4. The summed E-state index contributed by atoms with van der Waals surface area (Å²) in [5.41, 5.74) is 0.521. The van der Waals surface area contributed by atoms with Gasteiger partial charge in [-0.05, 0) is 12.3 Å². The second-order valence-electron chi connectivity index (χ2n) is 2.07. The fourth-order valence-electron chi connectivity index (χ4n) is 0.823. The van der Waals surface area contributed by atoms with Gasteiger partial charge in [0.2, 0.25) is 0 Å². The Labute approximate surface area is 75.1 Å². The van der Waals surface area contributed by atoms with Crippen molar-refractivity contribution in [1.82, 2.24) is 4.98 Å². The lowest BCUT2D eigenvalue weighted by Crippen LogP contribution is -2.03. The highest BCUT2D eigenvalue weighted by Gasteiger charge is 2.09. The molecule has 0 saturated carbocycles. The number of carbonyl (C=O) groups excluding carboxylic acids is 1. The van der Waals surface area contributed by atoms with Crippen molar-refractivity contribution in [3.8, 4) is 0 Å². The van der Waals surface area contributed by atoms with Crippen molar-refractivity contribution in [3.05, 3.63) is 24.0 Å². The normalized spacial score (nSPS) is 9.50. The first-order valence-electron chi connectivity index (χ1n) is 3.36. The van der Waals surface area contributed by atoms with Crippen LogP contribution in [-0.4, -0.2) is 24.3 Å². The summed E-state index contributed by atoms with van der Waals surface area (Å²) in [5, 5.41) is 0. The molecule has 0 aliphatic heterocycles. The van der Waals surface area contributed by atoms with Gasteiger partial charge in [0.05, 0.1) is 12.7 Å². The molecule has 0 aliphatic rings. The zero-order valence-corrected chi connectivity index (χ0v) is 7.72. The van der Waals surface area contributed by atoms with Crippen molar-refractivity contribution in [3.63, 3.8) is 0 Å². The van der Waals surface area contributed by atoms with Gasteiger partial charge >= 0.3 is 5.97 Å². The summed E-state index contributed by atoms with van der Waals surface area (Å²) in [7, 11) is 1.36. The van der Waals surface area contributed by atoms with Crippen LogP contribution < -0.4 is 0 Å². The average molecular weight is 183 g/mol. The molecule has 0 N–H and O–H groups in total. The zero-order chi connectivity index (χ0) is 8.97. The first kappa shape index (κ1) is 9.06. The van der Waals surface area contributed by atoms with E-state index in [0.717, 1.165) is 4.90 Å². The molecule has 1 aromatic heterocycles. The fraction of sp³-hybridized carbons (Fsp3) is 0.250. The lowest BCUT2D eigenvalue weighted by atomic mass is 10.3. The van der Waals surface area contributed by atoms with Gasteiger partial charge in [-0.1, -0.05) is 0 Å². The summed E-state index contributed by atoms with van der Waals surface area (Å²) in [6.45, 7) is 0. The van der Waals surface area contributed by atoms with Crippen LogP contribution in [0, 0.1) is 0 Å². The molecule has 1 heterocycles. The van der Waals surface area contributed by atoms with Gasteiger partial charge in [-0.25, -0.2) is 4.79 Å². The third kappa shape index (κ3) is 1.76. The number of rotatable bonds is 2. The summed E-state index contributed by atoms with van der Waals surface area (Å²) in [6, 6.07) is 1.79. The summed E-state index contributed by atoms with van der Waals surface area (Å²) in [6.07, 6.45) is 5.07. The molecule has 0 aromatic carbocycles. The predicted molar refractivity (Wildman–Crippen MR) is 47.4 cm³/mol. The Balaban J connectivity index is 3.04. The van der Waals surface area contributed by atoms with Gasteiger partial charge in [0, 0.05) is 17.3 Å². The molecule has 64 valence electrons. The highest BCUT2D eigenvalue weighted by molar-refractivity contribution is 7.98. The van der Waals surface area contributed by atoms with E-state index in [1.54, 1.807) is 12.3 Å². The van der Waals surface area contributed by atoms with Crippen LogP contribution in [-0.2, 0) is 4.74 Å². The lowest BCUT2D eigenvalue weighted by molar-refractivity contribution is 0.0596. The van der Waals surface area contributed by atoms with Crippen LogP contribution in [0.15, 0.2) is 23.4 Å². The van der Waals surface area contributed by atoms with Gasteiger partial charge in [0.25, 0.3) is 0 Å². The van der Waals surface area contributed by atoms with Crippen molar-refractivity contribution in [2.75, 3.05) is 13.4 Å². The third-order valence-electron chi connectivity index (χ3n) is 1.41. The van der Waals surface area contributed by atoms with Gasteiger partial charge in [0.15, 0.2) is 0 Å². The molecule has 0 spiro atoms. The second kappa shape index (κ2) is 4.11.